The zero-order chi connectivity index (χ0) is 18.6. The van der Waals surface area contributed by atoms with Crippen molar-refractivity contribution in [2.75, 3.05) is 13.1 Å². The average molecular weight is 387 g/mol. The summed E-state index contributed by atoms with van der Waals surface area (Å²) in [5.41, 5.74) is 2.36. The zero-order valence-corrected chi connectivity index (χ0v) is 15.9. The molecule has 0 unspecified atom stereocenters. The van der Waals surface area contributed by atoms with Crippen molar-refractivity contribution in [3.63, 3.8) is 0 Å². The molecule has 142 valence electrons. The summed E-state index contributed by atoms with van der Waals surface area (Å²) >= 11 is 5.94. The van der Waals surface area contributed by atoms with Crippen LogP contribution >= 0.6 is 11.6 Å². The lowest BCUT2D eigenvalue weighted by Crippen LogP contribution is -2.28. The highest BCUT2D eigenvalue weighted by molar-refractivity contribution is 6.30. The Morgan fingerprint density at radius 1 is 1.30 bits per heavy atom. The fraction of sp³-hybridized carbons (Fsp3) is 0.450. The van der Waals surface area contributed by atoms with Crippen molar-refractivity contribution in [2.24, 2.45) is 0 Å². The third-order valence-corrected chi connectivity index (χ3v) is 5.13. The number of rotatable bonds is 7. The number of halogens is 1. The Labute approximate surface area is 163 Å². The van der Waals surface area contributed by atoms with E-state index in [-0.39, 0.29) is 5.91 Å². The molecule has 1 aromatic carbocycles. The number of carbonyl (C=O) groups is 1. The van der Waals surface area contributed by atoms with E-state index in [2.05, 4.69) is 38.6 Å². The fourth-order valence-electron chi connectivity index (χ4n) is 3.14. The van der Waals surface area contributed by atoms with Crippen molar-refractivity contribution in [2.45, 2.75) is 44.7 Å². The predicted molar refractivity (Wildman–Crippen MR) is 103 cm³/mol. The number of aryl methyl sites for hydroxylation is 1. The first kappa shape index (κ1) is 18.2. The van der Waals surface area contributed by atoms with Crippen molar-refractivity contribution >= 4 is 23.1 Å². The minimum absolute atomic E-state index is 0.0620. The van der Waals surface area contributed by atoms with Gasteiger partial charge >= 0.3 is 0 Å². The molecular formula is C20H23ClN4O2. The third kappa shape index (κ3) is 5.17. The second-order valence-electron chi connectivity index (χ2n) is 7.19. The number of hydrogen-bond donors (Lipinski definition) is 1. The van der Waals surface area contributed by atoms with Crippen LogP contribution < -0.4 is 5.32 Å². The maximum atomic E-state index is 11.8. The number of carbonyl (C=O) groups excluding carboxylic acids is 1. The molecule has 1 saturated carbocycles. The molecule has 0 saturated heterocycles. The van der Waals surface area contributed by atoms with Gasteiger partial charge in [0.2, 0.25) is 11.8 Å². The van der Waals surface area contributed by atoms with E-state index in [1.54, 1.807) is 0 Å². The first-order valence-corrected chi connectivity index (χ1v) is 9.81. The Hall–Kier alpha value is -2.18. The van der Waals surface area contributed by atoms with Gasteiger partial charge in [0, 0.05) is 43.5 Å². The lowest BCUT2D eigenvalue weighted by molar-refractivity contribution is -0.121. The van der Waals surface area contributed by atoms with Crippen LogP contribution in [0.15, 0.2) is 34.9 Å². The third-order valence-electron chi connectivity index (χ3n) is 4.88. The van der Waals surface area contributed by atoms with Gasteiger partial charge in [0.05, 0.1) is 0 Å². The van der Waals surface area contributed by atoms with Crippen molar-refractivity contribution in [3.05, 3.63) is 52.6 Å². The standard InChI is InChI=1S/C20H23ClN4O2/c21-16-3-1-14(2-4-16)13-25-11-9-15(10-12-25)20-23-19(27-24-20)8-7-18(26)22-17-5-6-17/h1-4,9,17H,5-8,10-13H2,(H,22,26). The number of amides is 1. The van der Waals surface area contributed by atoms with E-state index >= 15 is 0 Å². The van der Waals surface area contributed by atoms with Crippen LogP contribution in [-0.2, 0) is 17.8 Å². The maximum Gasteiger partial charge on any atom is 0.227 e. The van der Waals surface area contributed by atoms with Gasteiger partial charge in [-0.3, -0.25) is 9.69 Å². The summed E-state index contributed by atoms with van der Waals surface area (Å²) in [6.45, 7) is 2.70. The van der Waals surface area contributed by atoms with E-state index in [9.17, 15) is 4.79 Å². The minimum Gasteiger partial charge on any atom is -0.353 e. The molecule has 2 heterocycles. The molecule has 4 rings (SSSR count). The summed E-state index contributed by atoms with van der Waals surface area (Å²) in [7, 11) is 0. The Kier molecular flexibility index (Phi) is 5.55. The van der Waals surface area contributed by atoms with Crippen molar-refractivity contribution in [1.29, 1.82) is 0 Å². The molecule has 0 radical (unpaired) electrons. The van der Waals surface area contributed by atoms with Gasteiger partial charge in [0.1, 0.15) is 0 Å². The monoisotopic (exact) mass is 386 g/mol. The highest BCUT2D eigenvalue weighted by Gasteiger charge is 2.23. The van der Waals surface area contributed by atoms with E-state index in [1.165, 1.54) is 5.56 Å². The first-order chi connectivity index (χ1) is 13.2. The number of benzene rings is 1. The fourth-order valence-corrected chi connectivity index (χ4v) is 3.27. The first-order valence-electron chi connectivity index (χ1n) is 9.44. The molecule has 27 heavy (non-hydrogen) atoms. The van der Waals surface area contributed by atoms with Crippen LogP contribution in [0.25, 0.3) is 5.57 Å². The molecule has 1 fully saturated rings. The Morgan fingerprint density at radius 2 is 2.11 bits per heavy atom. The molecule has 7 heteroatoms. The van der Waals surface area contributed by atoms with Gasteiger partial charge in [-0.25, -0.2) is 0 Å². The van der Waals surface area contributed by atoms with E-state index in [1.807, 2.05) is 12.1 Å². The highest BCUT2D eigenvalue weighted by Crippen LogP contribution is 2.22. The smallest absolute Gasteiger partial charge is 0.227 e. The Balaban J connectivity index is 1.28. The van der Waals surface area contributed by atoms with Crippen LogP contribution in [0.5, 0.6) is 0 Å². The minimum atomic E-state index is 0.0620. The average Bonchev–Trinajstić information content (AvgIpc) is 3.36. The van der Waals surface area contributed by atoms with Gasteiger partial charge < -0.3 is 9.84 Å². The molecule has 1 aromatic heterocycles. The number of nitrogens with zero attached hydrogens (tertiary/aromatic N) is 3. The van der Waals surface area contributed by atoms with Gasteiger partial charge in [-0.1, -0.05) is 35.0 Å². The van der Waals surface area contributed by atoms with Gasteiger partial charge in [-0.05, 0) is 42.5 Å². The molecule has 1 N–H and O–H groups in total. The molecule has 6 nitrogen and oxygen atoms in total. The second-order valence-corrected chi connectivity index (χ2v) is 7.63. The summed E-state index contributed by atoms with van der Waals surface area (Å²) < 4.78 is 5.31. The van der Waals surface area contributed by atoms with Gasteiger partial charge in [-0.15, -0.1) is 0 Å². The molecule has 1 aliphatic carbocycles. The number of aromatic nitrogens is 2. The summed E-state index contributed by atoms with van der Waals surface area (Å²) in [5.74, 6) is 1.24. The Morgan fingerprint density at radius 3 is 2.81 bits per heavy atom. The van der Waals surface area contributed by atoms with E-state index in [4.69, 9.17) is 16.1 Å². The lowest BCUT2D eigenvalue weighted by Gasteiger charge is -2.25. The zero-order valence-electron chi connectivity index (χ0n) is 15.2. The van der Waals surface area contributed by atoms with Gasteiger partial charge in [-0.2, -0.15) is 4.98 Å². The summed E-state index contributed by atoms with van der Waals surface area (Å²) in [6, 6.07) is 8.36. The quantitative estimate of drug-likeness (QED) is 0.791. The topological polar surface area (TPSA) is 71.3 Å². The van der Waals surface area contributed by atoms with Crippen molar-refractivity contribution in [3.8, 4) is 0 Å². The van der Waals surface area contributed by atoms with Gasteiger partial charge in [0.15, 0.2) is 5.82 Å². The predicted octanol–water partition coefficient (Wildman–Crippen LogP) is 3.22. The molecular weight excluding hydrogens is 364 g/mol. The molecule has 2 aromatic rings. The largest absolute Gasteiger partial charge is 0.353 e. The lowest BCUT2D eigenvalue weighted by atomic mass is 10.1. The second kappa shape index (κ2) is 8.23. The van der Waals surface area contributed by atoms with E-state index in [0.29, 0.717) is 30.6 Å². The van der Waals surface area contributed by atoms with Crippen LogP contribution in [0.3, 0.4) is 0 Å². The maximum absolute atomic E-state index is 11.8. The normalized spacial score (nSPS) is 17.6. The van der Waals surface area contributed by atoms with Crippen molar-refractivity contribution < 1.29 is 9.32 Å². The van der Waals surface area contributed by atoms with Crippen LogP contribution in [-0.4, -0.2) is 40.1 Å². The van der Waals surface area contributed by atoms with Crippen LogP contribution in [0.4, 0.5) is 0 Å². The molecule has 2 aliphatic rings. The molecule has 1 amide bonds. The van der Waals surface area contributed by atoms with Crippen LogP contribution in [0.1, 0.15) is 43.0 Å². The molecule has 0 atom stereocenters. The number of nitrogens with one attached hydrogen (secondary N) is 1. The highest BCUT2D eigenvalue weighted by atomic mass is 35.5. The van der Waals surface area contributed by atoms with Crippen LogP contribution in [0.2, 0.25) is 5.02 Å². The van der Waals surface area contributed by atoms with Crippen LogP contribution in [0, 0.1) is 0 Å². The van der Waals surface area contributed by atoms with E-state index in [0.717, 1.165) is 49.5 Å². The van der Waals surface area contributed by atoms with E-state index < -0.39 is 0 Å². The summed E-state index contributed by atoms with van der Waals surface area (Å²) in [6.07, 6.45) is 6.12. The summed E-state index contributed by atoms with van der Waals surface area (Å²) in [4.78, 5) is 18.6. The molecule has 0 bridgehead atoms. The summed E-state index contributed by atoms with van der Waals surface area (Å²) in [5, 5.41) is 7.82. The number of hydrogen-bond acceptors (Lipinski definition) is 5. The van der Waals surface area contributed by atoms with Crippen molar-refractivity contribution in [1.82, 2.24) is 20.4 Å². The molecule has 1 aliphatic heterocycles. The Bertz CT molecular complexity index is 827. The molecule has 0 spiro atoms. The van der Waals surface area contributed by atoms with Gasteiger partial charge in [0.25, 0.3) is 0 Å². The SMILES string of the molecule is O=C(CCc1nc(C2=CCN(Cc3ccc(Cl)cc3)CC2)no1)NC1CC1.